The number of aliphatic carboxylic acids is 1. The van der Waals surface area contributed by atoms with Crippen LogP contribution in [0.1, 0.15) is 90.5 Å². The summed E-state index contributed by atoms with van der Waals surface area (Å²) in [5.41, 5.74) is 2.40. The number of halogens is 1. The molecule has 2 atom stereocenters. The number of hydrogen-bond donors (Lipinski definition) is 1. The summed E-state index contributed by atoms with van der Waals surface area (Å²) >= 11 is 0. The van der Waals surface area contributed by atoms with Gasteiger partial charge in [0.1, 0.15) is 11.6 Å². The number of carboxylic acids is 1. The van der Waals surface area contributed by atoms with E-state index >= 15 is 0 Å². The highest BCUT2D eigenvalue weighted by atomic mass is 32.2. The van der Waals surface area contributed by atoms with Crippen molar-refractivity contribution in [2.45, 2.75) is 97.6 Å². The first-order chi connectivity index (χ1) is 19.3. The second kappa shape index (κ2) is 11.4. The van der Waals surface area contributed by atoms with Crippen LogP contribution in [0.3, 0.4) is 0 Å². The minimum atomic E-state index is -3.57. The van der Waals surface area contributed by atoms with Crippen molar-refractivity contribution in [1.29, 1.82) is 0 Å². The fourth-order valence-corrected chi connectivity index (χ4v) is 7.05. The molecule has 8 nitrogen and oxygen atoms in total. The molecule has 2 aliphatic rings. The van der Waals surface area contributed by atoms with Gasteiger partial charge in [0.2, 0.25) is 10.0 Å². The predicted octanol–water partition coefficient (Wildman–Crippen LogP) is 6.54. The normalized spacial score (nSPS) is 22.9. The molecule has 10 heteroatoms. The molecule has 0 radical (unpaired) electrons. The number of carbonyl (C=O) groups is 1. The van der Waals surface area contributed by atoms with Crippen molar-refractivity contribution in [1.82, 2.24) is 4.98 Å². The maximum atomic E-state index is 14.0. The first-order valence-corrected chi connectivity index (χ1v) is 16.3. The molecule has 0 spiro atoms. The summed E-state index contributed by atoms with van der Waals surface area (Å²) in [6, 6.07) is 6.21. The van der Waals surface area contributed by atoms with Crippen LogP contribution in [0, 0.1) is 11.2 Å². The second-order valence-corrected chi connectivity index (χ2v) is 15.1. The van der Waals surface area contributed by atoms with Crippen LogP contribution >= 0.6 is 0 Å². The van der Waals surface area contributed by atoms with Gasteiger partial charge in [-0.1, -0.05) is 58.9 Å². The monoisotopic (exact) mass is 602 g/mol. The summed E-state index contributed by atoms with van der Waals surface area (Å²) in [4.78, 5) is 16.9. The van der Waals surface area contributed by atoms with Crippen LogP contribution in [0.15, 0.2) is 30.3 Å². The maximum Gasteiger partial charge on any atom is 0.306 e. The molecule has 1 aromatic carbocycles. The van der Waals surface area contributed by atoms with Crippen molar-refractivity contribution < 1.29 is 32.2 Å². The van der Waals surface area contributed by atoms with E-state index in [1.807, 2.05) is 46.8 Å². The van der Waals surface area contributed by atoms with Crippen LogP contribution in [-0.4, -0.2) is 54.8 Å². The Balaban J connectivity index is 1.93. The molecule has 2 aromatic rings. The summed E-state index contributed by atoms with van der Waals surface area (Å²) in [7, 11) is -3.57. The zero-order valence-electron chi connectivity index (χ0n) is 25.8. The molecule has 0 unspecified atom stereocenters. The molecule has 0 amide bonds. The number of pyridine rings is 1. The van der Waals surface area contributed by atoms with Crippen molar-refractivity contribution in [2.75, 3.05) is 17.1 Å². The average Bonchev–Trinajstić information content (AvgIpc) is 2.84. The van der Waals surface area contributed by atoms with Gasteiger partial charge >= 0.3 is 5.97 Å². The zero-order chi connectivity index (χ0) is 31.3. The molecule has 1 N–H and O–H groups in total. The standard InChI is InChI=1S/C32H43FN2O6S/c1-20(2)28-24(16-15-23-18-32(19-26(36)37,30(3,4)5)41-31(6,7)40-23)27(21-11-13-22(33)14-12-21)25-10-9-17-35(29(25)34-28)42(8,38)39/h11-16,20,23H,9-10,17-19H2,1-8H3,(H,36,37)/t23-,32-/m1/s1. The minimum Gasteiger partial charge on any atom is -0.481 e. The highest BCUT2D eigenvalue weighted by Crippen LogP contribution is 2.48. The van der Waals surface area contributed by atoms with E-state index < -0.39 is 38.9 Å². The maximum absolute atomic E-state index is 14.0. The van der Waals surface area contributed by atoms with E-state index in [4.69, 9.17) is 14.5 Å². The van der Waals surface area contributed by atoms with Gasteiger partial charge in [-0.2, -0.15) is 0 Å². The largest absolute Gasteiger partial charge is 0.481 e. The van der Waals surface area contributed by atoms with E-state index in [1.54, 1.807) is 26.0 Å². The summed E-state index contributed by atoms with van der Waals surface area (Å²) in [5, 5.41) is 9.81. The topological polar surface area (TPSA) is 106 Å². The van der Waals surface area contributed by atoms with Gasteiger partial charge in [-0.25, -0.2) is 17.8 Å². The summed E-state index contributed by atoms with van der Waals surface area (Å²) in [6.07, 6.45) is 5.98. The number of aromatic nitrogens is 1. The summed E-state index contributed by atoms with van der Waals surface area (Å²) in [5.74, 6) is -2.00. The van der Waals surface area contributed by atoms with E-state index in [0.717, 1.165) is 22.3 Å². The molecule has 1 saturated heterocycles. The number of carboxylic acid groups (broad SMARTS) is 1. The van der Waals surface area contributed by atoms with Gasteiger partial charge in [-0.15, -0.1) is 0 Å². The molecule has 1 aromatic heterocycles. The molecule has 1 fully saturated rings. The molecule has 3 heterocycles. The highest BCUT2D eigenvalue weighted by Gasteiger charge is 2.53. The Morgan fingerprint density at radius 2 is 1.88 bits per heavy atom. The van der Waals surface area contributed by atoms with Crippen molar-refractivity contribution in [2.24, 2.45) is 5.41 Å². The number of benzene rings is 1. The van der Waals surface area contributed by atoms with Gasteiger partial charge in [0, 0.05) is 24.1 Å². The number of rotatable bonds is 7. The van der Waals surface area contributed by atoms with Gasteiger partial charge in [0.05, 0.1) is 30.1 Å². The third kappa shape index (κ3) is 6.55. The SMILES string of the molecule is CC(C)c1nc2c(c(-c3ccc(F)cc3)c1C=C[C@@H]1C[C@@](CC(=O)O)(C(C)(C)C)OC(C)(C)O1)CCCN2S(C)(=O)=O. The Labute approximate surface area is 249 Å². The fraction of sp³-hybridized carbons (Fsp3) is 0.562. The zero-order valence-corrected chi connectivity index (χ0v) is 26.6. The van der Waals surface area contributed by atoms with E-state index in [9.17, 15) is 22.7 Å². The Bertz CT molecular complexity index is 1480. The number of nitrogens with zero attached hydrogens (tertiary/aromatic N) is 2. The van der Waals surface area contributed by atoms with Crippen LogP contribution in [-0.2, 0) is 30.7 Å². The van der Waals surface area contributed by atoms with Gasteiger partial charge in [-0.05, 0) is 61.3 Å². The lowest BCUT2D eigenvalue weighted by Gasteiger charge is -2.53. The van der Waals surface area contributed by atoms with Crippen molar-refractivity contribution in [3.63, 3.8) is 0 Å². The number of anilines is 1. The Kier molecular flexibility index (Phi) is 8.68. The van der Waals surface area contributed by atoms with Crippen molar-refractivity contribution in [3.8, 4) is 11.1 Å². The van der Waals surface area contributed by atoms with E-state index in [1.165, 1.54) is 22.7 Å². The van der Waals surface area contributed by atoms with E-state index in [-0.39, 0.29) is 18.2 Å². The predicted molar refractivity (Wildman–Crippen MR) is 162 cm³/mol. The van der Waals surface area contributed by atoms with Gasteiger partial charge in [0.15, 0.2) is 5.79 Å². The van der Waals surface area contributed by atoms with E-state index in [0.29, 0.717) is 37.3 Å². The van der Waals surface area contributed by atoms with Gasteiger partial charge in [-0.3, -0.25) is 9.10 Å². The smallest absolute Gasteiger partial charge is 0.306 e. The molecular formula is C32H43FN2O6S. The Morgan fingerprint density at radius 1 is 1.24 bits per heavy atom. The average molecular weight is 603 g/mol. The number of sulfonamides is 1. The summed E-state index contributed by atoms with van der Waals surface area (Å²) < 4.78 is 53.6. The second-order valence-electron chi connectivity index (χ2n) is 13.2. The van der Waals surface area contributed by atoms with Crippen molar-refractivity contribution in [3.05, 3.63) is 53.0 Å². The number of hydrogen-bond acceptors (Lipinski definition) is 6. The van der Waals surface area contributed by atoms with Crippen molar-refractivity contribution >= 4 is 27.9 Å². The van der Waals surface area contributed by atoms with E-state index in [2.05, 4.69) is 0 Å². The molecule has 2 aliphatic heterocycles. The quantitative estimate of drug-likeness (QED) is 0.384. The number of fused-ring (bicyclic) bond motifs is 1. The van der Waals surface area contributed by atoms with Crippen LogP contribution in [0.5, 0.6) is 0 Å². The van der Waals surface area contributed by atoms with Crippen LogP contribution < -0.4 is 4.31 Å². The minimum absolute atomic E-state index is 0.0646. The lowest BCUT2D eigenvalue weighted by atomic mass is 9.70. The molecule has 0 bridgehead atoms. The molecule has 4 rings (SSSR count). The Hall–Kier alpha value is -2.82. The number of ether oxygens (including phenoxy) is 2. The molecule has 0 aliphatic carbocycles. The van der Waals surface area contributed by atoms with Crippen LogP contribution in [0.25, 0.3) is 17.2 Å². The Morgan fingerprint density at radius 3 is 2.43 bits per heavy atom. The van der Waals surface area contributed by atoms with Crippen LogP contribution in [0.2, 0.25) is 0 Å². The molecular weight excluding hydrogens is 559 g/mol. The highest BCUT2D eigenvalue weighted by molar-refractivity contribution is 7.92. The van der Waals surface area contributed by atoms with Crippen LogP contribution in [0.4, 0.5) is 10.2 Å². The summed E-state index contributed by atoms with van der Waals surface area (Å²) in [6.45, 7) is 13.9. The lowest BCUT2D eigenvalue weighted by molar-refractivity contribution is -0.347. The third-order valence-electron chi connectivity index (χ3n) is 8.14. The first kappa shape index (κ1) is 32.1. The third-order valence-corrected chi connectivity index (χ3v) is 9.29. The molecule has 42 heavy (non-hydrogen) atoms. The fourth-order valence-electron chi connectivity index (χ4n) is 6.13. The lowest BCUT2D eigenvalue weighted by Crippen LogP contribution is -2.58. The van der Waals surface area contributed by atoms with Gasteiger partial charge < -0.3 is 14.6 Å². The van der Waals surface area contributed by atoms with Gasteiger partial charge in [0.25, 0.3) is 0 Å². The molecule has 230 valence electrons. The molecule has 0 saturated carbocycles. The first-order valence-electron chi connectivity index (χ1n) is 14.4.